The van der Waals surface area contributed by atoms with Crippen molar-refractivity contribution in [2.24, 2.45) is 0 Å². The van der Waals surface area contributed by atoms with Gasteiger partial charge in [0.15, 0.2) is 0 Å². The fraction of sp³-hybridized carbons (Fsp3) is 0.350. The Bertz CT molecular complexity index is 699. The van der Waals surface area contributed by atoms with Gasteiger partial charge in [-0.25, -0.2) is 0 Å². The molecular weight excluding hydrogens is 338 g/mol. The van der Waals surface area contributed by atoms with Crippen molar-refractivity contribution in [1.29, 1.82) is 0 Å². The van der Waals surface area contributed by atoms with Gasteiger partial charge in [-0.3, -0.25) is 4.79 Å². The summed E-state index contributed by atoms with van der Waals surface area (Å²) >= 11 is 5.93. The highest BCUT2D eigenvalue weighted by Gasteiger charge is 2.51. The summed E-state index contributed by atoms with van der Waals surface area (Å²) in [6.45, 7) is 0.570. The molecule has 3 rings (SSSR count). The summed E-state index contributed by atoms with van der Waals surface area (Å²) < 4.78 is 5.64. The molecule has 25 heavy (non-hydrogen) atoms. The van der Waals surface area contributed by atoms with Crippen LogP contribution in [0.1, 0.15) is 24.0 Å². The average Bonchev–Trinajstić information content (AvgIpc) is 3.44. The van der Waals surface area contributed by atoms with Crippen LogP contribution in [0.4, 0.5) is 0 Å². The van der Waals surface area contributed by atoms with Gasteiger partial charge in [-0.2, -0.15) is 0 Å². The van der Waals surface area contributed by atoms with Gasteiger partial charge in [0.05, 0.1) is 31.3 Å². The second-order valence-corrected chi connectivity index (χ2v) is 6.88. The second kappa shape index (κ2) is 8.00. The summed E-state index contributed by atoms with van der Waals surface area (Å²) in [6.07, 6.45) is 1.62. The maximum absolute atomic E-state index is 12.7. The van der Waals surface area contributed by atoms with E-state index in [-0.39, 0.29) is 19.1 Å². The first-order chi connectivity index (χ1) is 12.1. The average molecular weight is 360 g/mol. The molecule has 2 aromatic rings. The molecule has 0 radical (unpaired) electrons. The molecule has 0 aromatic heterocycles. The quantitative estimate of drug-likeness (QED) is 0.761. The topological polar surface area (TPSA) is 58.6 Å². The van der Waals surface area contributed by atoms with Crippen molar-refractivity contribution in [3.8, 4) is 0 Å². The predicted octanol–water partition coefficient (Wildman–Crippen LogP) is 3.07. The number of carbonyl (C=O) groups excluding carboxylic acids is 1. The number of nitrogens with one attached hydrogen (secondary N) is 1. The van der Waals surface area contributed by atoms with Crippen molar-refractivity contribution >= 4 is 17.5 Å². The Kier molecular flexibility index (Phi) is 5.74. The summed E-state index contributed by atoms with van der Waals surface area (Å²) in [7, 11) is 0. The Morgan fingerprint density at radius 2 is 1.84 bits per heavy atom. The first-order valence-corrected chi connectivity index (χ1v) is 8.81. The SMILES string of the molecule is O=C(NC(CO)COCc1ccccc1)C1(c2ccc(Cl)cc2)CC1. The van der Waals surface area contributed by atoms with Gasteiger partial charge in [0.1, 0.15) is 0 Å². The number of aliphatic hydroxyl groups excluding tert-OH is 1. The van der Waals surface area contributed by atoms with E-state index in [1.807, 2.05) is 42.5 Å². The monoisotopic (exact) mass is 359 g/mol. The highest BCUT2D eigenvalue weighted by molar-refractivity contribution is 6.30. The van der Waals surface area contributed by atoms with Crippen LogP contribution in [-0.4, -0.2) is 30.3 Å². The molecule has 132 valence electrons. The molecule has 0 spiro atoms. The zero-order valence-corrected chi connectivity index (χ0v) is 14.7. The molecule has 1 aliphatic rings. The third-order valence-corrected chi connectivity index (χ3v) is 4.82. The van der Waals surface area contributed by atoms with E-state index in [2.05, 4.69) is 5.32 Å². The molecule has 5 heteroatoms. The molecule has 1 unspecified atom stereocenters. The molecule has 4 nitrogen and oxygen atoms in total. The van der Waals surface area contributed by atoms with Crippen LogP contribution < -0.4 is 5.32 Å². The maximum atomic E-state index is 12.7. The Morgan fingerprint density at radius 1 is 1.16 bits per heavy atom. The molecule has 0 saturated heterocycles. The van der Waals surface area contributed by atoms with Gasteiger partial charge in [-0.1, -0.05) is 54.1 Å². The van der Waals surface area contributed by atoms with Gasteiger partial charge in [0.2, 0.25) is 5.91 Å². The minimum atomic E-state index is -0.489. The van der Waals surface area contributed by atoms with Gasteiger partial charge in [-0.15, -0.1) is 0 Å². The minimum absolute atomic E-state index is 0.0582. The van der Waals surface area contributed by atoms with Crippen LogP contribution in [0.15, 0.2) is 54.6 Å². The lowest BCUT2D eigenvalue weighted by Crippen LogP contribution is -2.45. The number of rotatable bonds is 8. The zero-order valence-electron chi connectivity index (χ0n) is 14.0. The van der Waals surface area contributed by atoms with Crippen LogP contribution in [0.25, 0.3) is 0 Å². The number of halogens is 1. The van der Waals surface area contributed by atoms with Crippen molar-refractivity contribution < 1.29 is 14.6 Å². The number of ether oxygens (including phenoxy) is 1. The van der Waals surface area contributed by atoms with E-state index in [1.54, 1.807) is 12.1 Å². The molecule has 1 aliphatic carbocycles. The molecule has 1 amide bonds. The molecular formula is C20H22ClNO3. The summed E-state index contributed by atoms with van der Waals surface area (Å²) in [6, 6.07) is 16.8. The van der Waals surface area contributed by atoms with E-state index in [4.69, 9.17) is 16.3 Å². The lowest BCUT2D eigenvalue weighted by Gasteiger charge is -2.21. The fourth-order valence-corrected chi connectivity index (χ4v) is 3.02. The van der Waals surface area contributed by atoms with Gasteiger partial charge >= 0.3 is 0 Å². The molecule has 2 N–H and O–H groups in total. The van der Waals surface area contributed by atoms with Crippen LogP contribution in [0.3, 0.4) is 0 Å². The highest BCUT2D eigenvalue weighted by Crippen LogP contribution is 2.48. The van der Waals surface area contributed by atoms with Crippen molar-refractivity contribution in [2.45, 2.75) is 30.9 Å². The second-order valence-electron chi connectivity index (χ2n) is 6.44. The molecule has 0 heterocycles. The Labute approximate surface area is 152 Å². The van der Waals surface area contributed by atoms with E-state index >= 15 is 0 Å². The first kappa shape index (κ1) is 17.9. The Morgan fingerprint density at radius 3 is 2.44 bits per heavy atom. The highest BCUT2D eigenvalue weighted by atomic mass is 35.5. The lowest BCUT2D eigenvalue weighted by molar-refractivity contribution is -0.125. The van der Waals surface area contributed by atoms with Crippen LogP contribution in [-0.2, 0) is 21.6 Å². The van der Waals surface area contributed by atoms with Gasteiger partial charge in [-0.05, 0) is 36.1 Å². The first-order valence-electron chi connectivity index (χ1n) is 8.43. The third-order valence-electron chi connectivity index (χ3n) is 4.57. The largest absolute Gasteiger partial charge is 0.394 e. The lowest BCUT2D eigenvalue weighted by atomic mass is 9.95. The molecule has 1 fully saturated rings. The number of aliphatic hydroxyl groups is 1. The van der Waals surface area contributed by atoms with Crippen LogP contribution in [0.5, 0.6) is 0 Å². The summed E-state index contributed by atoms with van der Waals surface area (Å²) in [4.78, 5) is 12.7. The number of hydrogen-bond acceptors (Lipinski definition) is 3. The third kappa shape index (κ3) is 4.40. The number of hydrogen-bond donors (Lipinski definition) is 2. The summed E-state index contributed by atoms with van der Waals surface area (Å²) in [5, 5.41) is 13.1. The molecule has 1 saturated carbocycles. The van der Waals surface area contributed by atoms with Gasteiger partial charge in [0, 0.05) is 5.02 Å². The number of amides is 1. The van der Waals surface area contributed by atoms with E-state index < -0.39 is 11.5 Å². The van der Waals surface area contributed by atoms with Gasteiger partial charge < -0.3 is 15.2 Å². The zero-order chi connectivity index (χ0) is 17.7. The van der Waals surface area contributed by atoms with Crippen LogP contribution >= 0.6 is 11.6 Å². The van der Waals surface area contributed by atoms with E-state index in [9.17, 15) is 9.90 Å². The molecule has 0 aliphatic heterocycles. The van der Waals surface area contributed by atoms with E-state index in [0.717, 1.165) is 24.0 Å². The smallest absolute Gasteiger partial charge is 0.231 e. The Balaban J connectivity index is 1.54. The van der Waals surface area contributed by atoms with E-state index in [1.165, 1.54) is 0 Å². The normalized spacial score (nSPS) is 16.2. The van der Waals surface area contributed by atoms with Crippen molar-refractivity contribution in [2.75, 3.05) is 13.2 Å². The van der Waals surface area contributed by atoms with E-state index in [0.29, 0.717) is 11.6 Å². The Hall–Kier alpha value is -1.88. The molecule has 2 aromatic carbocycles. The van der Waals surface area contributed by atoms with Gasteiger partial charge in [0.25, 0.3) is 0 Å². The standard InChI is InChI=1S/C20H22ClNO3/c21-17-8-6-16(7-9-17)20(10-11-20)19(24)22-18(12-23)14-25-13-15-4-2-1-3-5-15/h1-9,18,23H,10-14H2,(H,22,24). The molecule has 1 atom stereocenters. The minimum Gasteiger partial charge on any atom is -0.394 e. The van der Waals surface area contributed by atoms with Crippen LogP contribution in [0.2, 0.25) is 5.02 Å². The maximum Gasteiger partial charge on any atom is 0.231 e. The number of benzene rings is 2. The summed E-state index contributed by atoms with van der Waals surface area (Å²) in [5.74, 6) is -0.0582. The summed E-state index contributed by atoms with van der Waals surface area (Å²) in [5.41, 5.74) is 1.54. The van der Waals surface area contributed by atoms with Crippen molar-refractivity contribution in [3.63, 3.8) is 0 Å². The van der Waals surface area contributed by atoms with Crippen molar-refractivity contribution in [3.05, 3.63) is 70.7 Å². The van der Waals surface area contributed by atoms with Crippen LogP contribution in [0, 0.1) is 0 Å². The fourth-order valence-electron chi connectivity index (χ4n) is 2.90. The molecule has 0 bridgehead atoms. The van der Waals surface area contributed by atoms with Crippen molar-refractivity contribution in [1.82, 2.24) is 5.32 Å². The predicted molar refractivity (Wildman–Crippen MR) is 97.5 cm³/mol. The number of carbonyl (C=O) groups is 1.